The van der Waals surface area contributed by atoms with Crippen molar-refractivity contribution in [3.05, 3.63) is 69.6 Å². The van der Waals surface area contributed by atoms with Crippen LogP contribution in [0.3, 0.4) is 0 Å². The lowest BCUT2D eigenvalue weighted by molar-refractivity contribution is 0.0655. The summed E-state index contributed by atoms with van der Waals surface area (Å²) < 4.78 is 11.2. The van der Waals surface area contributed by atoms with Crippen molar-refractivity contribution in [2.75, 3.05) is 0 Å². The highest BCUT2D eigenvalue weighted by Gasteiger charge is 2.22. The standard InChI is InChI=1S/C21H24N2O3S/c1-14(2)23(21(24)19-9-6-10-25-19)11-17-13-27-20(22-17)12-26-18-8-5-7-15(3)16(18)4/h5-10,13-14H,11-12H2,1-4H3. The summed E-state index contributed by atoms with van der Waals surface area (Å²) in [7, 11) is 0. The van der Waals surface area contributed by atoms with Gasteiger partial charge in [0.05, 0.1) is 18.5 Å². The van der Waals surface area contributed by atoms with Crippen LogP contribution in [0.5, 0.6) is 5.75 Å². The highest BCUT2D eigenvalue weighted by atomic mass is 32.1. The smallest absolute Gasteiger partial charge is 0.290 e. The fourth-order valence-electron chi connectivity index (χ4n) is 2.71. The van der Waals surface area contributed by atoms with Gasteiger partial charge in [-0.15, -0.1) is 11.3 Å². The fourth-order valence-corrected chi connectivity index (χ4v) is 3.41. The quantitative estimate of drug-likeness (QED) is 0.576. The Morgan fingerprint density at radius 2 is 2.07 bits per heavy atom. The maximum atomic E-state index is 12.6. The van der Waals surface area contributed by atoms with Gasteiger partial charge in [0.2, 0.25) is 0 Å². The second kappa shape index (κ2) is 8.39. The van der Waals surface area contributed by atoms with Crippen LogP contribution in [0.15, 0.2) is 46.4 Å². The summed E-state index contributed by atoms with van der Waals surface area (Å²) in [5, 5.41) is 2.87. The molecule has 0 spiro atoms. The molecule has 1 amide bonds. The van der Waals surface area contributed by atoms with Crippen molar-refractivity contribution in [1.82, 2.24) is 9.88 Å². The van der Waals surface area contributed by atoms with Gasteiger partial charge < -0.3 is 14.1 Å². The van der Waals surface area contributed by atoms with E-state index in [1.54, 1.807) is 28.4 Å². The third-order valence-corrected chi connectivity index (χ3v) is 5.33. The van der Waals surface area contributed by atoms with Crippen LogP contribution in [0.2, 0.25) is 0 Å². The van der Waals surface area contributed by atoms with Crippen molar-refractivity contribution in [2.45, 2.75) is 46.9 Å². The van der Waals surface area contributed by atoms with E-state index in [1.807, 2.05) is 31.4 Å². The summed E-state index contributed by atoms with van der Waals surface area (Å²) in [6.07, 6.45) is 1.51. The molecule has 0 aliphatic heterocycles. The van der Waals surface area contributed by atoms with Gasteiger partial charge in [-0.25, -0.2) is 4.98 Å². The van der Waals surface area contributed by atoms with Gasteiger partial charge in [-0.3, -0.25) is 4.79 Å². The van der Waals surface area contributed by atoms with Gasteiger partial charge in [0.15, 0.2) is 5.76 Å². The van der Waals surface area contributed by atoms with Crippen molar-refractivity contribution >= 4 is 17.2 Å². The predicted molar refractivity (Wildman–Crippen MR) is 106 cm³/mol. The number of carbonyl (C=O) groups is 1. The van der Waals surface area contributed by atoms with Gasteiger partial charge in [-0.2, -0.15) is 0 Å². The molecule has 2 aromatic heterocycles. The monoisotopic (exact) mass is 384 g/mol. The molecule has 5 nitrogen and oxygen atoms in total. The number of aryl methyl sites for hydroxylation is 1. The molecule has 0 aliphatic carbocycles. The van der Waals surface area contributed by atoms with E-state index < -0.39 is 0 Å². The van der Waals surface area contributed by atoms with E-state index in [0.29, 0.717) is 18.9 Å². The number of rotatable bonds is 7. The predicted octanol–water partition coefficient (Wildman–Crippen LogP) is 4.98. The molecular weight excluding hydrogens is 360 g/mol. The minimum atomic E-state index is -0.129. The molecule has 0 bridgehead atoms. The van der Waals surface area contributed by atoms with Gasteiger partial charge in [-0.05, 0) is 57.0 Å². The SMILES string of the molecule is Cc1cccc(OCc2nc(CN(C(=O)c3ccco3)C(C)C)cs2)c1C. The van der Waals surface area contributed by atoms with Crippen LogP contribution >= 0.6 is 11.3 Å². The third-order valence-electron chi connectivity index (χ3n) is 4.45. The lowest BCUT2D eigenvalue weighted by Gasteiger charge is -2.24. The highest BCUT2D eigenvalue weighted by Crippen LogP contribution is 2.23. The molecule has 0 N–H and O–H groups in total. The zero-order valence-corrected chi connectivity index (χ0v) is 16.9. The molecule has 0 atom stereocenters. The number of amides is 1. The van der Waals surface area contributed by atoms with E-state index in [2.05, 4.69) is 24.9 Å². The molecule has 142 valence electrons. The molecule has 1 aromatic carbocycles. The summed E-state index contributed by atoms with van der Waals surface area (Å²) in [5.74, 6) is 1.09. The second-order valence-electron chi connectivity index (χ2n) is 6.72. The zero-order chi connectivity index (χ0) is 19.4. The maximum Gasteiger partial charge on any atom is 0.290 e. The Morgan fingerprint density at radius 3 is 2.78 bits per heavy atom. The molecule has 0 saturated heterocycles. The Bertz CT molecular complexity index is 900. The van der Waals surface area contributed by atoms with Crippen LogP contribution in [0, 0.1) is 13.8 Å². The number of aromatic nitrogens is 1. The molecule has 0 fully saturated rings. The fraction of sp³-hybridized carbons (Fsp3) is 0.333. The average molecular weight is 385 g/mol. The second-order valence-corrected chi connectivity index (χ2v) is 7.67. The number of furan rings is 1. The molecule has 2 heterocycles. The summed E-state index contributed by atoms with van der Waals surface area (Å²) >= 11 is 1.54. The molecule has 3 aromatic rings. The van der Waals surface area contributed by atoms with Crippen LogP contribution in [0.25, 0.3) is 0 Å². The first-order valence-corrected chi connectivity index (χ1v) is 9.80. The van der Waals surface area contributed by atoms with Gasteiger partial charge in [0.25, 0.3) is 5.91 Å². The number of carbonyl (C=O) groups excluding carboxylic acids is 1. The number of hydrogen-bond donors (Lipinski definition) is 0. The Hall–Kier alpha value is -2.60. The maximum absolute atomic E-state index is 12.6. The number of nitrogens with zero attached hydrogens (tertiary/aromatic N) is 2. The average Bonchev–Trinajstić information content (AvgIpc) is 3.32. The van der Waals surface area contributed by atoms with Crippen LogP contribution in [0.4, 0.5) is 0 Å². The number of ether oxygens (including phenoxy) is 1. The van der Waals surface area contributed by atoms with Gasteiger partial charge >= 0.3 is 0 Å². The summed E-state index contributed by atoms with van der Waals surface area (Å²) in [5.41, 5.74) is 3.20. The van der Waals surface area contributed by atoms with Crippen molar-refractivity contribution in [3.63, 3.8) is 0 Å². The van der Waals surface area contributed by atoms with Crippen LogP contribution < -0.4 is 4.74 Å². The van der Waals surface area contributed by atoms with Crippen molar-refractivity contribution in [1.29, 1.82) is 0 Å². The minimum absolute atomic E-state index is 0.0407. The van der Waals surface area contributed by atoms with E-state index in [1.165, 1.54) is 11.8 Å². The lowest BCUT2D eigenvalue weighted by Crippen LogP contribution is -2.36. The molecule has 0 radical (unpaired) electrons. The van der Waals surface area contributed by atoms with Gasteiger partial charge in [-0.1, -0.05) is 12.1 Å². The first-order chi connectivity index (χ1) is 13.0. The molecule has 0 unspecified atom stereocenters. The van der Waals surface area contributed by atoms with Gasteiger partial charge in [0, 0.05) is 11.4 Å². The molecule has 0 saturated carbocycles. The van der Waals surface area contributed by atoms with Crippen LogP contribution in [-0.2, 0) is 13.2 Å². The molecule has 0 aliphatic rings. The Balaban J connectivity index is 1.65. The highest BCUT2D eigenvalue weighted by molar-refractivity contribution is 7.09. The van der Waals surface area contributed by atoms with E-state index >= 15 is 0 Å². The largest absolute Gasteiger partial charge is 0.486 e. The topological polar surface area (TPSA) is 55.6 Å². The van der Waals surface area contributed by atoms with E-state index in [9.17, 15) is 4.79 Å². The van der Waals surface area contributed by atoms with E-state index in [4.69, 9.17) is 9.15 Å². The first-order valence-electron chi connectivity index (χ1n) is 8.92. The Kier molecular flexibility index (Phi) is 5.96. The minimum Gasteiger partial charge on any atom is -0.486 e. The van der Waals surface area contributed by atoms with Crippen molar-refractivity contribution < 1.29 is 13.9 Å². The van der Waals surface area contributed by atoms with E-state index in [0.717, 1.165) is 22.0 Å². The van der Waals surface area contributed by atoms with Crippen LogP contribution in [-0.4, -0.2) is 21.8 Å². The lowest BCUT2D eigenvalue weighted by atomic mass is 10.1. The first kappa shape index (κ1) is 19.2. The summed E-state index contributed by atoms with van der Waals surface area (Å²) in [4.78, 5) is 19.0. The van der Waals surface area contributed by atoms with Crippen molar-refractivity contribution in [2.24, 2.45) is 0 Å². The van der Waals surface area contributed by atoms with Crippen LogP contribution in [0.1, 0.15) is 46.2 Å². The zero-order valence-electron chi connectivity index (χ0n) is 16.1. The molecule has 6 heteroatoms. The molecular formula is C21H24N2O3S. The molecule has 3 rings (SSSR count). The Morgan fingerprint density at radius 1 is 1.26 bits per heavy atom. The number of benzene rings is 1. The van der Waals surface area contributed by atoms with Gasteiger partial charge in [0.1, 0.15) is 17.4 Å². The van der Waals surface area contributed by atoms with E-state index in [-0.39, 0.29) is 11.9 Å². The van der Waals surface area contributed by atoms with Crippen molar-refractivity contribution in [3.8, 4) is 5.75 Å². The Labute approximate surface area is 163 Å². The number of hydrogen-bond acceptors (Lipinski definition) is 5. The normalized spacial score (nSPS) is 11.0. The third kappa shape index (κ3) is 4.57. The summed E-state index contributed by atoms with van der Waals surface area (Å²) in [6, 6.07) is 9.48. The number of thiazole rings is 1. The molecule has 27 heavy (non-hydrogen) atoms. The summed E-state index contributed by atoms with van der Waals surface area (Å²) in [6.45, 7) is 8.95.